The number of carbonyl (C=O) groups is 3. The van der Waals surface area contributed by atoms with Crippen LogP contribution in [0.2, 0.25) is 0 Å². The molecule has 0 amide bonds. The zero-order chi connectivity index (χ0) is 11.1. The summed E-state index contributed by atoms with van der Waals surface area (Å²) in [6.07, 6.45) is -1.17. The van der Waals surface area contributed by atoms with E-state index >= 15 is 0 Å². The Labute approximate surface area is 165 Å². The number of rotatable bonds is 7. The maximum absolute atomic E-state index is 10.3. The Morgan fingerprint density at radius 2 is 1.41 bits per heavy atom. The molecule has 0 aliphatic carbocycles. The molecule has 0 saturated heterocycles. The molecule has 10 heteroatoms. The molecule has 0 aliphatic heterocycles. The van der Waals surface area contributed by atoms with Crippen LogP contribution in [0, 0.1) is 0 Å². The first kappa shape index (κ1) is 26.8. The van der Waals surface area contributed by atoms with Gasteiger partial charge in [-0.15, -0.1) is 0 Å². The first-order valence-corrected chi connectivity index (χ1v) is 3.77. The molecular weight excluding hydrogens is 263 g/mol. The van der Waals surface area contributed by atoms with Gasteiger partial charge in [-0.25, -0.2) is 0 Å². The number of carboxylic acids is 3. The molecule has 0 aromatic rings. The minimum atomic E-state index is -1.62. The average molecular weight is 271 g/mol. The summed E-state index contributed by atoms with van der Waals surface area (Å²) in [5.74, 6) is -4.53. The van der Waals surface area contributed by atoms with Crippen molar-refractivity contribution < 1.29 is 118 Å². The van der Waals surface area contributed by atoms with E-state index in [0.717, 1.165) is 0 Å². The largest absolute Gasteiger partial charge is 1.00 e. The van der Waals surface area contributed by atoms with Gasteiger partial charge in [-0.1, -0.05) is 0 Å². The fraction of sp³-hybridized carbons (Fsp3) is 0.571. The molecule has 0 unspecified atom stereocenters. The van der Waals surface area contributed by atoms with Crippen molar-refractivity contribution >= 4 is 17.9 Å². The maximum Gasteiger partial charge on any atom is 1.00 e. The second kappa shape index (κ2) is 15.4. The van der Waals surface area contributed by atoms with Crippen LogP contribution >= 0.6 is 0 Å². The van der Waals surface area contributed by atoms with Gasteiger partial charge in [-0.3, -0.25) is 0 Å². The van der Waals surface area contributed by atoms with Crippen molar-refractivity contribution in [3.8, 4) is 0 Å². The molecule has 0 bridgehead atoms. The monoisotopic (exact) mass is 271 g/mol. The molecule has 0 saturated carbocycles. The summed E-state index contributed by atoms with van der Waals surface area (Å²) in [5.41, 5.74) is 0. The van der Waals surface area contributed by atoms with Gasteiger partial charge in [0.1, 0.15) is 0 Å². The predicted molar refractivity (Wildman–Crippen MR) is 36.0 cm³/mol. The third-order valence-electron chi connectivity index (χ3n) is 1.38. The Hall–Kier alpha value is 1.37. The quantitative estimate of drug-likeness (QED) is 0.454. The van der Waals surface area contributed by atoms with E-state index in [1.807, 2.05) is 0 Å². The summed E-state index contributed by atoms with van der Waals surface area (Å²) in [7, 11) is 0. The average Bonchev–Trinajstić information content (AvgIpc) is 2.00. The van der Waals surface area contributed by atoms with E-state index in [1.165, 1.54) is 0 Å². The van der Waals surface area contributed by atoms with Gasteiger partial charge < -0.3 is 35.0 Å². The van der Waals surface area contributed by atoms with Gasteiger partial charge in [0, 0.05) is 24.9 Å². The molecule has 1 atom stereocenters. The molecule has 1 N–H and O–H groups in total. The van der Waals surface area contributed by atoms with Crippen molar-refractivity contribution in [2.75, 3.05) is 6.54 Å². The Morgan fingerprint density at radius 3 is 1.71 bits per heavy atom. The van der Waals surface area contributed by atoms with Gasteiger partial charge >= 0.3 is 88.7 Å². The van der Waals surface area contributed by atoms with Gasteiger partial charge in [-0.05, 0) is 6.42 Å². The van der Waals surface area contributed by atoms with E-state index in [1.54, 1.807) is 0 Å². The molecule has 0 rings (SSSR count). The summed E-state index contributed by atoms with van der Waals surface area (Å²) < 4.78 is 0. The zero-order valence-corrected chi connectivity index (χ0v) is 16.1. The normalized spacial score (nSPS) is 9.88. The summed E-state index contributed by atoms with van der Waals surface area (Å²) in [4.78, 5) is 30.3. The van der Waals surface area contributed by atoms with Gasteiger partial charge in [0.05, 0.1) is 12.0 Å². The Kier molecular flexibility index (Phi) is 24.4. The molecule has 80 valence electrons. The van der Waals surface area contributed by atoms with Crippen LogP contribution in [0.5, 0.6) is 0 Å². The molecule has 0 fully saturated rings. The number of hydrogen-bond donors (Lipinski definition) is 1. The Morgan fingerprint density at radius 1 is 0.941 bits per heavy atom. The van der Waals surface area contributed by atoms with E-state index in [2.05, 4.69) is 5.32 Å². The summed E-state index contributed by atoms with van der Waals surface area (Å²) in [6, 6.07) is -1.45. The standard InChI is InChI=1S/C7H11NO6.3Na/c9-5(10)1-2-8-4(7(13)14)3-6(11)12;;;/h4,8H,1-3H2,(H,9,10)(H,11,12)(H,13,14);;;/q;3*+1/p-3/t4-;;;/m0.../s1. The van der Waals surface area contributed by atoms with Crippen molar-refractivity contribution in [3.05, 3.63) is 0 Å². The minimum absolute atomic E-state index is 0. The second-order valence-corrected chi connectivity index (χ2v) is 2.52. The number of nitrogens with one attached hydrogen (secondary N) is 1. The predicted octanol–water partition coefficient (Wildman–Crippen LogP) is -14.0. The third kappa shape index (κ3) is 17.4. The maximum atomic E-state index is 10.3. The number of carbonyl (C=O) groups excluding carboxylic acids is 3. The van der Waals surface area contributed by atoms with Gasteiger partial charge in [0.15, 0.2) is 0 Å². The topological polar surface area (TPSA) is 132 Å². The molecule has 7 nitrogen and oxygen atoms in total. The fourth-order valence-electron chi connectivity index (χ4n) is 0.754. The Balaban J connectivity index is -0.000000282. The van der Waals surface area contributed by atoms with E-state index in [0.29, 0.717) is 0 Å². The van der Waals surface area contributed by atoms with Crippen LogP contribution in [0.1, 0.15) is 12.8 Å². The van der Waals surface area contributed by atoms with Crippen molar-refractivity contribution in [1.82, 2.24) is 5.32 Å². The molecule has 0 heterocycles. The molecule has 0 aromatic carbocycles. The molecular formula is C7H8NNa3O6. The first-order chi connectivity index (χ1) is 6.43. The van der Waals surface area contributed by atoms with Crippen LogP contribution < -0.4 is 109 Å². The smallest absolute Gasteiger partial charge is 0.550 e. The van der Waals surface area contributed by atoms with Crippen LogP contribution in [0.25, 0.3) is 0 Å². The fourth-order valence-corrected chi connectivity index (χ4v) is 0.754. The van der Waals surface area contributed by atoms with Gasteiger partial charge in [-0.2, -0.15) is 0 Å². The van der Waals surface area contributed by atoms with Crippen LogP contribution in [-0.4, -0.2) is 30.5 Å². The van der Waals surface area contributed by atoms with E-state index in [-0.39, 0.29) is 95.2 Å². The van der Waals surface area contributed by atoms with Crippen LogP contribution in [0.4, 0.5) is 0 Å². The van der Waals surface area contributed by atoms with Crippen molar-refractivity contribution in [2.24, 2.45) is 0 Å². The SMILES string of the molecule is O=C([O-])CCN[C@@H](CC(=O)[O-])C(=O)[O-].[Na+].[Na+].[Na+]. The second-order valence-electron chi connectivity index (χ2n) is 2.52. The van der Waals surface area contributed by atoms with Crippen molar-refractivity contribution in [3.63, 3.8) is 0 Å². The minimum Gasteiger partial charge on any atom is -0.550 e. The third-order valence-corrected chi connectivity index (χ3v) is 1.38. The summed E-state index contributed by atoms with van der Waals surface area (Å²) >= 11 is 0. The van der Waals surface area contributed by atoms with Crippen molar-refractivity contribution in [2.45, 2.75) is 18.9 Å². The molecule has 0 radical (unpaired) electrons. The van der Waals surface area contributed by atoms with E-state index in [4.69, 9.17) is 0 Å². The molecule has 17 heavy (non-hydrogen) atoms. The summed E-state index contributed by atoms with van der Waals surface area (Å²) in [5, 5.41) is 32.4. The number of hydrogen-bond acceptors (Lipinski definition) is 7. The van der Waals surface area contributed by atoms with E-state index in [9.17, 15) is 29.7 Å². The van der Waals surface area contributed by atoms with Crippen LogP contribution in [0.3, 0.4) is 0 Å². The van der Waals surface area contributed by atoms with Crippen molar-refractivity contribution in [1.29, 1.82) is 0 Å². The molecule has 0 aromatic heterocycles. The van der Waals surface area contributed by atoms with Gasteiger partial charge in [0.2, 0.25) is 0 Å². The van der Waals surface area contributed by atoms with Crippen LogP contribution in [0.15, 0.2) is 0 Å². The van der Waals surface area contributed by atoms with Gasteiger partial charge in [0.25, 0.3) is 0 Å². The van der Waals surface area contributed by atoms with Crippen LogP contribution in [-0.2, 0) is 14.4 Å². The Bertz CT molecular complexity index is 250. The number of carboxylic acid groups (broad SMARTS) is 3. The number of aliphatic carboxylic acids is 3. The molecule has 0 spiro atoms. The first-order valence-electron chi connectivity index (χ1n) is 3.77. The van der Waals surface area contributed by atoms with E-state index < -0.39 is 36.8 Å². The molecule has 0 aliphatic rings. The zero-order valence-electron chi connectivity index (χ0n) is 10.1. The summed E-state index contributed by atoms with van der Waals surface area (Å²) in [6.45, 7) is -0.200.